The highest BCUT2D eigenvalue weighted by atomic mass is 16.2. The summed E-state index contributed by atoms with van der Waals surface area (Å²) in [6.07, 6.45) is 4.69. The number of hydrogen-bond acceptors (Lipinski definition) is 2. The second-order valence-electron chi connectivity index (χ2n) is 5.31. The number of urea groups is 1. The fourth-order valence-electron chi connectivity index (χ4n) is 2.48. The number of carbonyl (C=O) groups excluding carboxylic acids is 1. The number of amides is 2. The van der Waals surface area contributed by atoms with Crippen LogP contribution in [0.25, 0.3) is 0 Å². The molecule has 0 unspecified atom stereocenters. The van der Waals surface area contributed by atoms with E-state index in [9.17, 15) is 4.79 Å². The quantitative estimate of drug-likeness (QED) is 0.873. The summed E-state index contributed by atoms with van der Waals surface area (Å²) < 4.78 is 0. The lowest BCUT2D eigenvalue weighted by Gasteiger charge is -2.21. The molecule has 2 rings (SSSR count). The Bertz CT molecular complexity index is 410. The lowest BCUT2D eigenvalue weighted by Crippen LogP contribution is -2.41. The Kier molecular flexibility index (Phi) is 4.80. The maximum atomic E-state index is 12.0. The van der Waals surface area contributed by atoms with Crippen molar-refractivity contribution in [3.8, 4) is 0 Å². The second kappa shape index (κ2) is 6.57. The fourth-order valence-corrected chi connectivity index (χ4v) is 2.48. The first-order chi connectivity index (χ1) is 9.19. The zero-order chi connectivity index (χ0) is 13.7. The molecular weight excluding hydrogens is 238 g/mol. The van der Waals surface area contributed by atoms with Crippen molar-refractivity contribution in [1.29, 1.82) is 0 Å². The summed E-state index contributed by atoms with van der Waals surface area (Å²) in [5.74, 6) is 0. The Labute approximate surface area is 115 Å². The maximum absolute atomic E-state index is 12.0. The van der Waals surface area contributed by atoms with Gasteiger partial charge in [0.25, 0.3) is 0 Å². The molecule has 0 atom stereocenters. The highest BCUT2D eigenvalue weighted by molar-refractivity contribution is 5.74. The summed E-state index contributed by atoms with van der Waals surface area (Å²) >= 11 is 0. The summed E-state index contributed by atoms with van der Waals surface area (Å²) in [6, 6.07) is 8.48. The van der Waals surface area contributed by atoms with Gasteiger partial charge in [0.05, 0.1) is 0 Å². The summed E-state index contributed by atoms with van der Waals surface area (Å²) in [5.41, 5.74) is 7.81. The maximum Gasteiger partial charge on any atom is 0.317 e. The Hall–Kier alpha value is -1.55. The van der Waals surface area contributed by atoms with Gasteiger partial charge in [0.2, 0.25) is 0 Å². The van der Waals surface area contributed by atoms with E-state index < -0.39 is 0 Å². The fraction of sp³-hybridized carbons (Fsp3) is 0.533. The molecule has 0 spiro atoms. The van der Waals surface area contributed by atoms with Gasteiger partial charge in [-0.2, -0.15) is 0 Å². The van der Waals surface area contributed by atoms with E-state index in [-0.39, 0.29) is 6.03 Å². The third-order valence-corrected chi connectivity index (χ3v) is 3.71. The second-order valence-corrected chi connectivity index (χ2v) is 5.31. The average molecular weight is 261 g/mol. The molecule has 0 bridgehead atoms. The van der Waals surface area contributed by atoms with Crippen molar-refractivity contribution in [3.63, 3.8) is 0 Å². The third kappa shape index (κ3) is 3.96. The van der Waals surface area contributed by atoms with E-state index >= 15 is 0 Å². The molecule has 0 heterocycles. The minimum absolute atomic E-state index is 0.0230. The zero-order valence-electron chi connectivity index (χ0n) is 11.6. The van der Waals surface area contributed by atoms with Crippen LogP contribution in [0.3, 0.4) is 0 Å². The van der Waals surface area contributed by atoms with Crippen LogP contribution in [0.5, 0.6) is 0 Å². The molecule has 0 radical (unpaired) electrons. The number of carbonyl (C=O) groups is 1. The van der Waals surface area contributed by atoms with Gasteiger partial charge in [-0.25, -0.2) is 4.79 Å². The molecule has 1 fully saturated rings. The molecular formula is C15H23N3O. The normalized spacial score (nSPS) is 15.5. The molecule has 1 aliphatic carbocycles. The smallest absolute Gasteiger partial charge is 0.317 e. The summed E-state index contributed by atoms with van der Waals surface area (Å²) in [5, 5.41) is 3.09. The van der Waals surface area contributed by atoms with Crippen LogP contribution in [-0.2, 0) is 13.1 Å². The molecule has 19 heavy (non-hydrogen) atoms. The Morgan fingerprint density at radius 1 is 1.26 bits per heavy atom. The van der Waals surface area contributed by atoms with Gasteiger partial charge in [-0.3, -0.25) is 0 Å². The van der Waals surface area contributed by atoms with Crippen molar-refractivity contribution in [2.24, 2.45) is 5.73 Å². The SMILES string of the molecule is CN(Cc1ccc(CN)cc1)C(=O)NC1CCCC1. The Balaban J connectivity index is 1.84. The van der Waals surface area contributed by atoms with Gasteiger partial charge < -0.3 is 16.0 Å². The molecule has 0 aliphatic heterocycles. The van der Waals surface area contributed by atoms with Crippen LogP contribution in [-0.4, -0.2) is 24.0 Å². The third-order valence-electron chi connectivity index (χ3n) is 3.71. The molecule has 2 amide bonds. The number of nitrogens with zero attached hydrogens (tertiary/aromatic N) is 1. The van der Waals surface area contributed by atoms with Crippen molar-refractivity contribution in [2.75, 3.05) is 7.05 Å². The first-order valence-corrected chi connectivity index (χ1v) is 6.98. The van der Waals surface area contributed by atoms with Crippen molar-refractivity contribution >= 4 is 6.03 Å². The predicted octanol–water partition coefficient (Wildman–Crippen LogP) is 2.23. The molecule has 3 N–H and O–H groups in total. The molecule has 4 nitrogen and oxygen atoms in total. The van der Waals surface area contributed by atoms with Gasteiger partial charge in [-0.15, -0.1) is 0 Å². The van der Waals surface area contributed by atoms with Crippen LogP contribution in [0.15, 0.2) is 24.3 Å². The van der Waals surface area contributed by atoms with E-state index in [4.69, 9.17) is 5.73 Å². The van der Waals surface area contributed by atoms with Crippen molar-refractivity contribution in [3.05, 3.63) is 35.4 Å². The zero-order valence-corrected chi connectivity index (χ0v) is 11.6. The standard InChI is InChI=1S/C15H23N3O/c1-18(15(19)17-14-4-2-3-5-14)11-13-8-6-12(10-16)7-9-13/h6-9,14H,2-5,10-11,16H2,1H3,(H,17,19). The molecule has 0 aromatic heterocycles. The van der Waals surface area contributed by atoms with Crippen LogP contribution in [0, 0.1) is 0 Å². The van der Waals surface area contributed by atoms with E-state index in [0.717, 1.165) is 24.0 Å². The van der Waals surface area contributed by atoms with E-state index in [2.05, 4.69) is 5.32 Å². The highest BCUT2D eigenvalue weighted by Gasteiger charge is 2.18. The topological polar surface area (TPSA) is 58.4 Å². The van der Waals surface area contributed by atoms with Gasteiger partial charge in [0.1, 0.15) is 0 Å². The Morgan fingerprint density at radius 2 is 1.84 bits per heavy atom. The van der Waals surface area contributed by atoms with Gasteiger partial charge in [-0.1, -0.05) is 37.1 Å². The van der Waals surface area contributed by atoms with E-state index in [0.29, 0.717) is 19.1 Å². The lowest BCUT2D eigenvalue weighted by atomic mass is 10.1. The molecule has 1 aliphatic rings. The molecule has 1 saturated carbocycles. The molecule has 104 valence electrons. The van der Waals surface area contributed by atoms with Gasteiger partial charge >= 0.3 is 6.03 Å². The largest absolute Gasteiger partial charge is 0.335 e. The number of rotatable bonds is 4. The minimum atomic E-state index is 0.0230. The number of hydrogen-bond donors (Lipinski definition) is 2. The van der Waals surface area contributed by atoms with Crippen LogP contribution in [0.4, 0.5) is 4.79 Å². The van der Waals surface area contributed by atoms with Crippen molar-refractivity contribution < 1.29 is 4.79 Å². The van der Waals surface area contributed by atoms with Gasteiger partial charge in [-0.05, 0) is 24.0 Å². The van der Waals surface area contributed by atoms with Gasteiger partial charge in [0, 0.05) is 26.2 Å². The minimum Gasteiger partial charge on any atom is -0.335 e. The molecule has 0 saturated heterocycles. The Morgan fingerprint density at radius 3 is 2.42 bits per heavy atom. The van der Waals surface area contributed by atoms with Crippen LogP contribution in [0.1, 0.15) is 36.8 Å². The monoisotopic (exact) mass is 261 g/mol. The lowest BCUT2D eigenvalue weighted by molar-refractivity contribution is 0.203. The van der Waals surface area contributed by atoms with E-state index in [1.807, 2.05) is 31.3 Å². The number of nitrogens with one attached hydrogen (secondary N) is 1. The molecule has 1 aromatic carbocycles. The van der Waals surface area contributed by atoms with Crippen LogP contribution in [0.2, 0.25) is 0 Å². The van der Waals surface area contributed by atoms with Crippen LogP contribution < -0.4 is 11.1 Å². The first kappa shape index (κ1) is 13.9. The molecule has 4 heteroatoms. The number of benzene rings is 1. The summed E-state index contributed by atoms with van der Waals surface area (Å²) in [4.78, 5) is 13.8. The van der Waals surface area contributed by atoms with Crippen molar-refractivity contribution in [2.45, 2.75) is 44.8 Å². The van der Waals surface area contributed by atoms with Crippen LogP contribution >= 0.6 is 0 Å². The van der Waals surface area contributed by atoms with Crippen molar-refractivity contribution in [1.82, 2.24) is 10.2 Å². The first-order valence-electron chi connectivity index (χ1n) is 6.98. The summed E-state index contributed by atoms with van der Waals surface area (Å²) in [6.45, 7) is 1.18. The predicted molar refractivity (Wildman–Crippen MR) is 76.6 cm³/mol. The number of nitrogens with two attached hydrogens (primary N) is 1. The summed E-state index contributed by atoms with van der Waals surface area (Å²) in [7, 11) is 1.83. The highest BCUT2D eigenvalue weighted by Crippen LogP contribution is 2.18. The van der Waals surface area contributed by atoms with Gasteiger partial charge in [0.15, 0.2) is 0 Å². The van der Waals surface area contributed by atoms with E-state index in [1.165, 1.54) is 12.8 Å². The average Bonchev–Trinajstić information content (AvgIpc) is 2.92. The van der Waals surface area contributed by atoms with E-state index in [1.54, 1.807) is 4.90 Å². The molecule has 1 aromatic rings.